The van der Waals surface area contributed by atoms with Gasteiger partial charge in [0, 0.05) is 5.39 Å². The van der Waals surface area contributed by atoms with Crippen LogP contribution in [-0.2, 0) is 10.0 Å². The Kier molecular flexibility index (Phi) is 5.20. The summed E-state index contributed by atoms with van der Waals surface area (Å²) in [5, 5.41) is 0.517. The number of benzene rings is 3. The molecule has 0 aliphatic rings. The summed E-state index contributed by atoms with van der Waals surface area (Å²) in [6, 6.07) is 20.8. The van der Waals surface area contributed by atoms with Crippen LogP contribution in [0.15, 0.2) is 93.0 Å². The fraction of sp³-hybridized carbons (Fsp3) is 0.0833. The molecule has 0 bridgehead atoms. The van der Waals surface area contributed by atoms with Crippen LogP contribution in [0, 0.1) is 13.8 Å². The lowest BCUT2D eigenvalue weighted by Gasteiger charge is -2.24. The SMILES string of the molecule is Cc1cccc(N(C(=O)c2cc3ccccc3oc2=O)S(=O)(=O)c2ccccc2)c1C. The monoisotopic (exact) mass is 433 g/mol. The van der Waals surface area contributed by atoms with E-state index in [1.54, 1.807) is 61.5 Å². The first-order valence-corrected chi connectivity index (χ1v) is 11.0. The van der Waals surface area contributed by atoms with E-state index in [1.165, 1.54) is 18.2 Å². The molecule has 6 nitrogen and oxygen atoms in total. The van der Waals surface area contributed by atoms with Crippen molar-refractivity contribution in [2.24, 2.45) is 0 Å². The van der Waals surface area contributed by atoms with E-state index in [0.717, 1.165) is 5.56 Å². The lowest BCUT2D eigenvalue weighted by Crippen LogP contribution is -2.39. The normalized spacial score (nSPS) is 11.4. The van der Waals surface area contributed by atoms with Gasteiger partial charge in [-0.1, -0.05) is 48.5 Å². The molecule has 0 radical (unpaired) electrons. The fourth-order valence-corrected chi connectivity index (χ4v) is 4.81. The number of anilines is 1. The van der Waals surface area contributed by atoms with Gasteiger partial charge in [-0.25, -0.2) is 13.2 Å². The van der Waals surface area contributed by atoms with Crippen LogP contribution in [0.2, 0.25) is 0 Å². The molecule has 0 spiro atoms. The highest BCUT2D eigenvalue weighted by Crippen LogP contribution is 2.30. The van der Waals surface area contributed by atoms with Gasteiger partial charge < -0.3 is 4.42 Å². The van der Waals surface area contributed by atoms with E-state index in [2.05, 4.69) is 0 Å². The van der Waals surface area contributed by atoms with Crippen molar-refractivity contribution >= 4 is 32.6 Å². The number of para-hydroxylation sites is 1. The third-order valence-corrected chi connectivity index (χ3v) is 6.84. The Bertz CT molecular complexity index is 1460. The molecule has 0 aliphatic heterocycles. The summed E-state index contributed by atoms with van der Waals surface area (Å²) in [7, 11) is -4.31. The Morgan fingerprint density at radius 2 is 1.55 bits per heavy atom. The number of amides is 1. The number of aryl methyl sites for hydroxylation is 1. The first-order chi connectivity index (χ1) is 14.8. The van der Waals surface area contributed by atoms with E-state index in [9.17, 15) is 18.0 Å². The van der Waals surface area contributed by atoms with Crippen molar-refractivity contribution in [1.29, 1.82) is 0 Å². The van der Waals surface area contributed by atoms with E-state index in [-0.39, 0.29) is 16.1 Å². The van der Waals surface area contributed by atoms with E-state index in [0.29, 0.717) is 20.8 Å². The number of hydrogen-bond acceptors (Lipinski definition) is 5. The minimum atomic E-state index is -4.31. The molecule has 4 rings (SSSR count). The highest BCUT2D eigenvalue weighted by atomic mass is 32.2. The molecule has 4 aromatic rings. The molecule has 0 atom stereocenters. The van der Waals surface area contributed by atoms with Crippen LogP contribution in [-0.4, -0.2) is 14.3 Å². The molecule has 7 heteroatoms. The highest BCUT2D eigenvalue weighted by Gasteiger charge is 2.34. The van der Waals surface area contributed by atoms with Crippen LogP contribution in [0.5, 0.6) is 0 Å². The van der Waals surface area contributed by atoms with Gasteiger partial charge in [-0.15, -0.1) is 0 Å². The van der Waals surface area contributed by atoms with Crippen LogP contribution in [0.25, 0.3) is 11.0 Å². The summed E-state index contributed by atoms with van der Waals surface area (Å²) in [6.07, 6.45) is 0. The number of rotatable bonds is 4. The first-order valence-electron chi connectivity index (χ1n) is 9.54. The lowest BCUT2D eigenvalue weighted by atomic mass is 10.1. The molecule has 1 heterocycles. The molecule has 0 saturated heterocycles. The van der Waals surface area contributed by atoms with Crippen molar-refractivity contribution in [1.82, 2.24) is 0 Å². The maximum atomic E-state index is 13.6. The third kappa shape index (κ3) is 3.64. The summed E-state index contributed by atoms with van der Waals surface area (Å²) in [6.45, 7) is 3.55. The van der Waals surface area contributed by atoms with Gasteiger partial charge in [0.15, 0.2) is 0 Å². The molecular formula is C24H19NO5S. The van der Waals surface area contributed by atoms with Crippen molar-refractivity contribution in [3.05, 3.63) is 106 Å². The number of hydrogen-bond donors (Lipinski definition) is 0. The van der Waals surface area contributed by atoms with Gasteiger partial charge in [0.05, 0.1) is 10.6 Å². The Hall–Kier alpha value is -3.71. The molecule has 156 valence electrons. The summed E-state index contributed by atoms with van der Waals surface area (Å²) >= 11 is 0. The molecule has 1 amide bonds. The smallest absolute Gasteiger partial charge is 0.349 e. The van der Waals surface area contributed by atoms with Crippen molar-refractivity contribution < 1.29 is 17.6 Å². The molecule has 0 N–H and O–H groups in total. The molecule has 0 fully saturated rings. The van der Waals surface area contributed by atoms with E-state index in [4.69, 9.17) is 4.42 Å². The Labute approximate surface area is 179 Å². The highest BCUT2D eigenvalue weighted by molar-refractivity contribution is 7.93. The predicted octanol–water partition coefficient (Wildman–Crippen LogP) is 4.45. The molecular weight excluding hydrogens is 414 g/mol. The van der Waals surface area contributed by atoms with Crippen molar-refractivity contribution in [3.63, 3.8) is 0 Å². The Balaban J connectivity index is 1.98. The third-order valence-electron chi connectivity index (χ3n) is 5.13. The molecule has 0 aliphatic carbocycles. The zero-order chi connectivity index (χ0) is 22.2. The van der Waals surface area contributed by atoms with Crippen LogP contribution in [0.3, 0.4) is 0 Å². The largest absolute Gasteiger partial charge is 0.422 e. The van der Waals surface area contributed by atoms with Gasteiger partial charge in [-0.05, 0) is 55.3 Å². The van der Waals surface area contributed by atoms with Gasteiger partial charge >= 0.3 is 5.63 Å². The summed E-state index contributed by atoms with van der Waals surface area (Å²) < 4.78 is 33.1. The molecule has 1 aromatic heterocycles. The summed E-state index contributed by atoms with van der Waals surface area (Å²) in [5.41, 5.74) is 0.653. The van der Waals surface area contributed by atoms with Crippen molar-refractivity contribution in [3.8, 4) is 0 Å². The fourth-order valence-electron chi connectivity index (χ4n) is 3.32. The zero-order valence-electron chi connectivity index (χ0n) is 16.9. The van der Waals surface area contributed by atoms with Gasteiger partial charge in [-0.3, -0.25) is 4.79 Å². The average molecular weight is 433 g/mol. The van der Waals surface area contributed by atoms with Crippen LogP contribution >= 0.6 is 0 Å². The topological polar surface area (TPSA) is 84.7 Å². The molecule has 3 aromatic carbocycles. The second-order valence-corrected chi connectivity index (χ2v) is 8.88. The zero-order valence-corrected chi connectivity index (χ0v) is 17.7. The minimum absolute atomic E-state index is 0.0607. The molecule has 0 saturated carbocycles. The van der Waals surface area contributed by atoms with Crippen LogP contribution in [0.1, 0.15) is 21.5 Å². The van der Waals surface area contributed by atoms with Crippen molar-refractivity contribution in [2.45, 2.75) is 18.7 Å². The maximum Gasteiger partial charge on any atom is 0.349 e. The van der Waals surface area contributed by atoms with E-state index < -0.39 is 21.6 Å². The van der Waals surface area contributed by atoms with E-state index >= 15 is 0 Å². The maximum absolute atomic E-state index is 13.6. The Morgan fingerprint density at radius 1 is 0.871 bits per heavy atom. The van der Waals surface area contributed by atoms with Gasteiger partial charge in [-0.2, -0.15) is 4.31 Å². The standard InChI is InChI=1S/C24H19NO5S/c1-16-9-8-13-21(17(16)2)25(31(28,29)19-11-4-3-5-12-19)23(26)20-15-18-10-6-7-14-22(18)30-24(20)27/h3-15H,1-2H3. The average Bonchev–Trinajstić information content (AvgIpc) is 2.76. The van der Waals surface area contributed by atoms with Crippen molar-refractivity contribution in [2.75, 3.05) is 4.31 Å². The molecule has 0 unspecified atom stereocenters. The second-order valence-electron chi connectivity index (χ2n) is 7.09. The number of nitrogens with zero attached hydrogens (tertiary/aromatic N) is 1. The van der Waals surface area contributed by atoms with Crippen LogP contribution in [0.4, 0.5) is 5.69 Å². The minimum Gasteiger partial charge on any atom is -0.422 e. The summed E-state index contributed by atoms with van der Waals surface area (Å²) in [4.78, 5) is 26.1. The second kappa shape index (κ2) is 7.85. The number of sulfonamides is 1. The summed E-state index contributed by atoms with van der Waals surface area (Å²) in [5.74, 6) is -0.975. The predicted molar refractivity (Wildman–Crippen MR) is 119 cm³/mol. The van der Waals surface area contributed by atoms with Crippen LogP contribution < -0.4 is 9.93 Å². The van der Waals surface area contributed by atoms with Gasteiger partial charge in [0.1, 0.15) is 11.1 Å². The van der Waals surface area contributed by atoms with E-state index in [1.807, 2.05) is 13.0 Å². The lowest BCUT2D eigenvalue weighted by molar-refractivity contribution is 0.100. The van der Waals surface area contributed by atoms with Gasteiger partial charge in [0.2, 0.25) is 0 Å². The van der Waals surface area contributed by atoms with Gasteiger partial charge in [0.25, 0.3) is 15.9 Å². The first kappa shape index (κ1) is 20.6. The Morgan fingerprint density at radius 3 is 2.29 bits per heavy atom. The number of carbonyl (C=O) groups is 1. The molecule has 31 heavy (non-hydrogen) atoms. The number of carbonyl (C=O) groups excluding carboxylic acids is 1. The number of fused-ring (bicyclic) bond motifs is 1. The quantitative estimate of drug-likeness (QED) is 0.444.